The summed E-state index contributed by atoms with van der Waals surface area (Å²) in [7, 11) is 0. The summed E-state index contributed by atoms with van der Waals surface area (Å²) in [6, 6.07) is 8.42. The lowest BCUT2D eigenvalue weighted by molar-refractivity contribution is 0.168. The van der Waals surface area contributed by atoms with Gasteiger partial charge in [-0.1, -0.05) is 25.1 Å². The van der Waals surface area contributed by atoms with E-state index in [9.17, 15) is 0 Å². The highest BCUT2D eigenvalue weighted by Gasteiger charge is 2.28. The maximum absolute atomic E-state index is 6.12. The molecular weight excluding hydrogens is 260 g/mol. The number of piperidine rings is 1. The molecule has 0 aliphatic carbocycles. The van der Waals surface area contributed by atoms with Gasteiger partial charge in [-0.2, -0.15) is 0 Å². The predicted octanol–water partition coefficient (Wildman–Crippen LogP) is 3.25. The van der Waals surface area contributed by atoms with E-state index in [-0.39, 0.29) is 0 Å². The monoisotopic (exact) mass is 290 g/mol. The second-order valence-electron chi connectivity index (χ2n) is 5.99. The maximum Gasteiger partial charge on any atom is 0.122 e. The van der Waals surface area contributed by atoms with Crippen molar-refractivity contribution in [2.24, 2.45) is 11.7 Å². The van der Waals surface area contributed by atoms with Crippen molar-refractivity contribution in [2.45, 2.75) is 39.0 Å². The molecule has 118 valence electrons. The maximum atomic E-state index is 6.12. The second kappa shape index (κ2) is 8.40. The number of hydrogen-bond acceptors (Lipinski definition) is 3. The molecule has 2 rings (SSSR count). The second-order valence-corrected chi connectivity index (χ2v) is 5.99. The number of likely N-dealkylation sites (tertiary alicyclic amines) is 1. The molecule has 1 aromatic rings. The summed E-state index contributed by atoms with van der Waals surface area (Å²) in [4.78, 5) is 2.58. The zero-order valence-corrected chi connectivity index (χ0v) is 13.6. The Labute approximate surface area is 129 Å². The van der Waals surface area contributed by atoms with Crippen LogP contribution in [0.3, 0.4) is 0 Å². The largest absolute Gasteiger partial charge is 0.494 e. The lowest BCUT2D eigenvalue weighted by atomic mass is 9.79. The van der Waals surface area contributed by atoms with Gasteiger partial charge >= 0.3 is 0 Å². The Hall–Kier alpha value is -1.06. The van der Waals surface area contributed by atoms with Crippen LogP contribution >= 0.6 is 0 Å². The SMILES string of the molecule is CCCN1CCC(C(CN)c2ccccc2OCC)CC1. The Morgan fingerprint density at radius 1 is 1.24 bits per heavy atom. The van der Waals surface area contributed by atoms with Gasteiger partial charge in [-0.25, -0.2) is 0 Å². The molecule has 0 radical (unpaired) electrons. The molecule has 1 aliphatic rings. The first-order chi connectivity index (χ1) is 10.3. The van der Waals surface area contributed by atoms with Gasteiger partial charge in [0.2, 0.25) is 0 Å². The normalized spacial score (nSPS) is 18.6. The van der Waals surface area contributed by atoms with Gasteiger partial charge in [0.15, 0.2) is 0 Å². The molecule has 0 aromatic heterocycles. The van der Waals surface area contributed by atoms with Gasteiger partial charge in [-0.3, -0.25) is 0 Å². The highest BCUT2D eigenvalue weighted by Crippen LogP contribution is 2.36. The van der Waals surface area contributed by atoms with E-state index in [1.165, 1.54) is 44.5 Å². The fourth-order valence-corrected chi connectivity index (χ4v) is 3.54. The Morgan fingerprint density at radius 3 is 2.57 bits per heavy atom. The van der Waals surface area contributed by atoms with Crippen LogP contribution in [0.4, 0.5) is 0 Å². The van der Waals surface area contributed by atoms with Crippen molar-refractivity contribution in [1.82, 2.24) is 4.90 Å². The highest BCUT2D eigenvalue weighted by atomic mass is 16.5. The summed E-state index contributed by atoms with van der Waals surface area (Å²) in [5, 5.41) is 0. The van der Waals surface area contributed by atoms with Crippen molar-refractivity contribution in [1.29, 1.82) is 0 Å². The van der Waals surface area contributed by atoms with E-state index in [4.69, 9.17) is 10.5 Å². The van der Waals surface area contributed by atoms with Gasteiger partial charge in [-0.05, 0) is 69.9 Å². The van der Waals surface area contributed by atoms with Gasteiger partial charge < -0.3 is 15.4 Å². The number of nitrogens with zero attached hydrogens (tertiary/aromatic N) is 1. The molecule has 0 spiro atoms. The van der Waals surface area contributed by atoms with Crippen molar-refractivity contribution < 1.29 is 4.74 Å². The first-order valence-corrected chi connectivity index (χ1v) is 8.44. The minimum atomic E-state index is 0.427. The van der Waals surface area contributed by atoms with Crippen molar-refractivity contribution in [3.8, 4) is 5.75 Å². The highest BCUT2D eigenvalue weighted by molar-refractivity contribution is 5.37. The average molecular weight is 290 g/mol. The molecular formula is C18H30N2O. The summed E-state index contributed by atoms with van der Waals surface area (Å²) < 4.78 is 5.80. The van der Waals surface area contributed by atoms with Crippen LogP contribution in [0, 0.1) is 5.92 Å². The number of para-hydroxylation sites is 1. The molecule has 0 bridgehead atoms. The molecule has 21 heavy (non-hydrogen) atoms. The average Bonchev–Trinajstić information content (AvgIpc) is 2.52. The molecule has 3 nitrogen and oxygen atoms in total. The quantitative estimate of drug-likeness (QED) is 0.838. The third-order valence-corrected chi connectivity index (χ3v) is 4.61. The van der Waals surface area contributed by atoms with Crippen LogP contribution in [0.15, 0.2) is 24.3 Å². The first kappa shape index (κ1) is 16.3. The fraction of sp³-hybridized carbons (Fsp3) is 0.667. The van der Waals surface area contributed by atoms with Gasteiger partial charge in [-0.15, -0.1) is 0 Å². The molecule has 1 aliphatic heterocycles. The lowest BCUT2D eigenvalue weighted by Gasteiger charge is -2.36. The van der Waals surface area contributed by atoms with Crippen LogP contribution in [-0.4, -0.2) is 37.7 Å². The summed E-state index contributed by atoms with van der Waals surface area (Å²) >= 11 is 0. The van der Waals surface area contributed by atoms with E-state index < -0.39 is 0 Å². The molecule has 1 heterocycles. The fourth-order valence-electron chi connectivity index (χ4n) is 3.54. The standard InChI is InChI=1S/C18H30N2O/c1-3-11-20-12-9-15(10-13-20)17(14-19)16-7-5-6-8-18(16)21-4-2/h5-8,15,17H,3-4,9-14,19H2,1-2H3. The number of benzene rings is 1. The van der Waals surface area contributed by atoms with Gasteiger partial charge in [0.05, 0.1) is 6.61 Å². The minimum absolute atomic E-state index is 0.427. The van der Waals surface area contributed by atoms with E-state index in [0.717, 1.165) is 5.75 Å². The Kier molecular flexibility index (Phi) is 6.52. The van der Waals surface area contributed by atoms with Crippen LogP contribution in [-0.2, 0) is 0 Å². The molecule has 1 saturated heterocycles. The van der Waals surface area contributed by atoms with E-state index in [2.05, 4.69) is 30.0 Å². The lowest BCUT2D eigenvalue weighted by Crippen LogP contribution is -2.37. The number of nitrogens with two attached hydrogens (primary N) is 1. The Bertz CT molecular complexity index is 413. The molecule has 2 N–H and O–H groups in total. The third kappa shape index (κ3) is 4.21. The molecule has 1 unspecified atom stereocenters. The van der Waals surface area contributed by atoms with Crippen molar-refractivity contribution in [3.05, 3.63) is 29.8 Å². The van der Waals surface area contributed by atoms with Gasteiger partial charge in [0, 0.05) is 5.92 Å². The van der Waals surface area contributed by atoms with E-state index in [0.29, 0.717) is 25.0 Å². The van der Waals surface area contributed by atoms with Crippen LogP contribution in [0.2, 0.25) is 0 Å². The van der Waals surface area contributed by atoms with Crippen molar-refractivity contribution in [2.75, 3.05) is 32.8 Å². The smallest absolute Gasteiger partial charge is 0.122 e. The van der Waals surface area contributed by atoms with Crippen LogP contribution in [0.5, 0.6) is 5.75 Å². The van der Waals surface area contributed by atoms with Crippen LogP contribution in [0.25, 0.3) is 0 Å². The van der Waals surface area contributed by atoms with Gasteiger partial charge in [0.1, 0.15) is 5.75 Å². The Balaban J connectivity index is 2.06. The van der Waals surface area contributed by atoms with Crippen molar-refractivity contribution in [3.63, 3.8) is 0 Å². The molecule has 0 amide bonds. The van der Waals surface area contributed by atoms with Crippen molar-refractivity contribution >= 4 is 0 Å². The predicted molar refractivity (Wildman–Crippen MR) is 88.9 cm³/mol. The first-order valence-electron chi connectivity index (χ1n) is 8.44. The molecule has 1 atom stereocenters. The summed E-state index contributed by atoms with van der Waals surface area (Å²) in [5.74, 6) is 2.13. The summed E-state index contributed by atoms with van der Waals surface area (Å²) in [5.41, 5.74) is 7.43. The molecule has 1 fully saturated rings. The van der Waals surface area contributed by atoms with E-state index >= 15 is 0 Å². The van der Waals surface area contributed by atoms with E-state index in [1.807, 2.05) is 13.0 Å². The minimum Gasteiger partial charge on any atom is -0.494 e. The number of ether oxygens (including phenoxy) is 1. The zero-order chi connectivity index (χ0) is 15.1. The molecule has 0 saturated carbocycles. The summed E-state index contributed by atoms with van der Waals surface area (Å²) in [6.45, 7) is 9.38. The topological polar surface area (TPSA) is 38.5 Å². The molecule has 1 aromatic carbocycles. The van der Waals surface area contributed by atoms with E-state index in [1.54, 1.807) is 0 Å². The number of hydrogen-bond donors (Lipinski definition) is 1. The summed E-state index contributed by atoms with van der Waals surface area (Å²) in [6.07, 6.45) is 3.75. The Morgan fingerprint density at radius 2 is 1.95 bits per heavy atom. The van der Waals surface area contributed by atoms with Gasteiger partial charge in [0.25, 0.3) is 0 Å². The van der Waals surface area contributed by atoms with Crippen LogP contribution in [0.1, 0.15) is 44.6 Å². The van der Waals surface area contributed by atoms with Crippen LogP contribution < -0.4 is 10.5 Å². The zero-order valence-electron chi connectivity index (χ0n) is 13.6. The molecule has 3 heteroatoms. The third-order valence-electron chi connectivity index (χ3n) is 4.61. The number of rotatable bonds is 7.